The van der Waals surface area contributed by atoms with Crippen LogP contribution in [0, 0.1) is 0 Å². The van der Waals surface area contributed by atoms with Crippen molar-refractivity contribution in [2.24, 2.45) is 0 Å². The lowest BCUT2D eigenvalue weighted by atomic mass is 10.0. The smallest absolute Gasteiger partial charge is 0.0466 e. The molecule has 3 saturated heterocycles. The van der Waals surface area contributed by atoms with E-state index in [1.807, 2.05) is 0 Å². The number of hydrogen-bond acceptors (Lipinski definition) is 3. The second-order valence-electron chi connectivity index (χ2n) is 8.57. The number of ether oxygens (including phenoxy) is 3. The minimum absolute atomic E-state index is 0. The molecule has 33 heavy (non-hydrogen) atoms. The predicted molar refractivity (Wildman–Crippen MR) is 141 cm³/mol. The van der Waals surface area contributed by atoms with Crippen LogP contribution in [0.25, 0.3) is 21.5 Å². The Hall–Kier alpha value is -1.17. The van der Waals surface area contributed by atoms with Crippen LogP contribution in [-0.4, -0.2) is 62.7 Å². The second kappa shape index (κ2) is 18.2. The van der Waals surface area contributed by atoms with E-state index in [1.54, 1.807) is 0 Å². The Morgan fingerprint density at radius 3 is 0.758 bits per heavy atom. The molecule has 3 nitrogen and oxygen atoms in total. The van der Waals surface area contributed by atoms with Crippen molar-refractivity contribution >= 4 is 44.6 Å². The van der Waals surface area contributed by atoms with Crippen molar-refractivity contribution in [1.82, 2.24) is 0 Å². The van der Waals surface area contributed by atoms with Crippen LogP contribution in [0.1, 0.15) is 57.8 Å². The third-order valence-electron chi connectivity index (χ3n) is 5.85. The molecule has 3 aliphatic heterocycles. The van der Waals surface area contributed by atoms with Crippen molar-refractivity contribution in [2.45, 2.75) is 57.8 Å². The Labute approximate surface area is 216 Å². The second-order valence-corrected chi connectivity index (χ2v) is 8.57. The first kappa shape index (κ1) is 28.1. The summed E-state index contributed by atoms with van der Waals surface area (Å²) in [5.74, 6) is 0. The van der Waals surface area contributed by atoms with Gasteiger partial charge in [0.1, 0.15) is 0 Å². The van der Waals surface area contributed by atoms with Gasteiger partial charge in [0, 0.05) is 62.7 Å². The summed E-state index contributed by atoms with van der Waals surface area (Å²) < 4.78 is 15.2. The van der Waals surface area contributed by atoms with E-state index in [0.717, 1.165) is 39.6 Å². The van der Waals surface area contributed by atoms with Crippen molar-refractivity contribution in [3.8, 4) is 0 Å². The van der Waals surface area contributed by atoms with Gasteiger partial charge in [-0.05, 0) is 91.5 Å². The summed E-state index contributed by atoms with van der Waals surface area (Å²) in [7, 11) is 0. The van der Waals surface area contributed by atoms with Crippen LogP contribution in [0.4, 0.5) is 0 Å². The maximum absolute atomic E-state index is 5.07. The fourth-order valence-corrected chi connectivity index (χ4v) is 3.94. The molecule has 6 rings (SSSR count). The Morgan fingerprint density at radius 2 is 0.606 bits per heavy atom. The van der Waals surface area contributed by atoms with Gasteiger partial charge in [-0.3, -0.25) is 0 Å². The highest BCUT2D eigenvalue weighted by molar-refractivity contribution is 5.98. The molecule has 0 atom stereocenters. The normalized spacial score (nSPS) is 17.7. The van der Waals surface area contributed by atoms with E-state index in [1.165, 1.54) is 79.3 Å². The van der Waals surface area contributed by atoms with Gasteiger partial charge in [0.2, 0.25) is 0 Å². The van der Waals surface area contributed by atoms with Crippen molar-refractivity contribution in [1.29, 1.82) is 0 Å². The molecule has 0 saturated carbocycles. The first-order valence-corrected chi connectivity index (χ1v) is 12.5. The van der Waals surface area contributed by atoms with Gasteiger partial charge >= 0.3 is 0 Å². The van der Waals surface area contributed by atoms with Gasteiger partial charge in [-0.2, -0.15) is 0 Å². The van der Waals surface area contributed by atoms with Gasteiger partial charge in [0.25, 0.3) is 0 Å². The summed E-state index contributed by atoms with van der Waals surface area (Å²) in [5, 5.41) is 5.25. The molecular formula is C29H40MgO3. The summed E-state index contributed by atoms with van der Waals surface area (Å²) in [6.45, 7) is 6.00. The molecule has 0 bridgehead atoms. The third-order valence-corrected chi connectivity index (χ3v) is 5.85. The molecule has 176 valence electrons. The van der Waals surface area contributed by atoms with Crippen LogP contribution in [0.15, 0.2) is 60.7 Å². The topological polar surface area (TPSA) is 27.7 Å². The molecule has 0 aromatic heterocycles. The van der Waals surface area contributed by atoms with Gasteiger partial charge in [-0.15, -0.1) is 0 Å². The molecular weight excluding hydrogens is 421 g/mol. The average Bonchev–Trinajstić information content (AvgIpc) is 2.91. The average molecular weight is 461 g/mol. The van der Waals surface area contributed by atoms with Crippen LogP contribution in [-0.2, 0) is 14.2 Å². The lowest BCUT2D eigenvalue weighted by molar-refractivity contribution is 0.0967. The van der Waals surface area contributed by atoms with E-state index in [9.17, 15) is 0 Å². The molecule has 2 radical (unpaired) electrons. The monoisotopic (exact) mass is 460 g/mol. The minimum Gasteiger partial charge on any atom is -0.381 e. The molecule has 0 amide bonds. The first-order valence-electron chi connectivity index (χ1n) is 12.5. The zero-order valence-corrected chi connectivity index (χ0v) is 21.7. The van der Waals surface area contributed by atoms with E-state index in [0.29, 0.717) is 0 Å². The van der Waals surface area contributed by atoms with E-state index in [4.69, 9.17) is 14.2 Å². The first-order chi connectivity index (χ1) is 15.9. The van der Waals surface area contributed by atoms with Gasteiger partial charge in [-0.1, -0.05) is 48.5 Å². The van der Waals surface area contributed by atoms with Gasteiger partial charge in [0.15, 0.2) is 0 Å². The number of benzene rings is 3. The Morgan fingerprint density at radius 1 is 0.364 bits per heavy atom. The lowest BCUT2D eigenvalue weighted by Crippen LogP contribution is -2.03. The van der Waals surface area contributed by atoms with Crippen molar-refractivity contribution in [3.63, 3.8) is 0 Å². The highest BCUT2D eigenvalue weighted by atomic mass is 24.3. The highest BCUT2D eigenvalue weighted by Gasteiger charge is 1.97. The van der Waals surface area contributed by atoms with E-state index in [2.05, 4.69) is 60.7 Å². The molecule has 3 aromatic rings. The van der Waals surface area contributed by atoms with Gasteiger partial charge in [0.05, 0.1) is 0 Å². The maximum atomic E-state index is 5.07. The summed E-state index contributed by atoms with van der Waals surface area (Å²) in [4.78, 5) is 0. The predicted octanol–water partition coefficient (Wildman–Crippen LogP) is 7.17. The van der Waals surface area contributed by atoms with Crippen LogP contribution >= 0.6 is 0 Å². The molecule has 0 spiro atoms. The van der Waals surface area contributed by atoms with E-state index < -0.39 is 0 Å². The Bertz CT molecular complexity index is 703. The number of fused-ring (bicyclic) bond motifs is 2. The minimum atomic E-state index is 0. The van der Waals surface area contributed by atoms with Crippen LogP contribution in [0.2, 0.25) is 0 Å². The maximum Gasteiger partial charge on any atom is 0.0466 e. The SMILES string of the molecule is C1CCOCC1.C1CCOCC1.C1CCOCC1.[Mg].c1ccc2cc3ccccc3cc2c1. The zero-order chi connectivity index (χ0) is 22.1. The Balaban J connectivity index is 0.000000171. The van der Waals surface area contributed by atoms with Crippen molar-refractivity contribution in [2.75, 3.05) is 39.6 Å². The number of hydrogen-bond donors (Lipinski definition) is 0. The van der Waals surface area contributed by atoms with Crippen LogP contribution in [0.3, 0.4) is 0 Å². The van der Waals surface area contributed by atoms with Gasteiger partial charge < -0.3 is 14.2 Å². The number of rotatable bonds is 0. The van der Waals surface area contributed by atoms with Crippen molar-refractivity contribution in [3.05, 3.63) is 60.7 Å². The van der Waals surface area contributed by atoms with E-state index in [-0.39, 0.29) is 23.1 Å². The fourth-order valence-electron chi connectivity index (χ4n) is 3.94. The largest absolute Gasteiger partial charge is 0.381 e. The zero-order valence-electron chi connectivity index (χ0n) is 20.3. The van der Waals surface area contributed by atoms with Crippen molar-refractivity contribution < 1.29 is 14.2 Å². The molecule has 3 heterocycles. The highest BCUT2D eigenvalue weighted by Crippen LogP contribution is 2.22. The van der Waals surface area contributed by atoms with E-state index >= 15 is 0 Å². The fraction of sp³-hybridized carbons (Fsp3) is 0.517. The molecule has 3 fully saturated rings. The van der Waals surface area contributed by atoms with Crippen LogP contribution < -0.4 is 0 Å². The molecule has 0 aliphatic carbocycles. The molecule has 4 heteroatoms. The summed E-state index contributed by atoms with van der Waals surface area (Å²) in [6, 6.07) is 21.4. The molecule has 0 N–H and O–H groups in total. The van der Waals surface area contributed by atoms with Crippen LogP contribution in [0.5, 0.6) is 0 Å². The summed E-state index contributed by atoms with van der Waals surface area (Å²) in [5.41, 5.74) is 0. The molecule has 3 aromatic carbocycles. The summed E-state index contributed by atoms with van der Waals surface area (Å²) >= 11 is 0. The molecule has 0 unspecified atom stereocenters. The Kier molecular flexibility index (Phi) is 15.5. The standard InChI is InChI=1S/C14H10.3C5H10O.Mg/c1-2-6-12-10-14-8-4-3-7-13(14)9-11(12)5-1;3*1-2-4-6-5-3-1;/h1-10H;3*1-5H2;. The van der Waals surface area contributed by atoms with Gasteiger partial charge in [-0.25, -0.2) is 0 Å². The quantitative estimate of drug-likeness (QED) is 0.263. The third kappa shape index (κ3) is 11.7. The summed E-state index contributed by atoms with van der Waals surface area (Å²) in [6.07, 6.45) is 11.8. The lowest BCUT2D eigenvalue weighted by Gasteiger charge is -2.08. The molecule has 3 aliphatic rings.